The molecule has 0 heterocycles. The third-order valence-corrected chi connectivity index (χ3v) is 3.13. The molecule has 0 radical (unpaired) electrons. The maximum absolute atomic E-state index is 9.85. The Kier molecular flexibility index (Phi) is 6.74. The predicted molar refractivity (Wildman–Crippen MR) is 87.5 cm³/mol. The maximum Gasteiger partial charge on any atom is 0.119 e. The molecule has 2 rings (SSSR count). The first kappa shape index (κ1) is 16.3. The summed E-state index contributed by atoms with van der Waals surface area (Å²) in [5.74, 6) is 1.63. The van der Waals surface area contributed by atoms with Crippen LogP contribution in [0.25, 0.3) is 0 Å². The van der Waals surface area contributed by atoms with Crippen LogP contribution in [0.3, 0.4) is 0 Å². The molecular formula is C18H23NO3. The summed E-state index contributed by atoms with van der Waals surface area (Å²) in [5.41, 5.74) is 1.19. The van der Waals surface area contributed by atoms with E-state index in [1.54, 1.807) is 0 Å². The summed E-state index contributed by atoms with van der Waals surface area (Å²) in [6.45, 7) is 4.02. The first-order valence-electron chi connectivity index (χ1n) is 7.50. The minimum Gasteiger partial charge on any atom is -0.492 e. The molecular weight excluding hydrogens is 278 g/mol. The van der Waals surface area contributed by atoms with Gasteiger partial charge in [-0.2, -0.15) is 0 Å². The summed E-state index contributed by atoms with van der Waals surface area (Å²) in [7, 11) is 0. The maximum atomic E-state index is 9.85. The molecule has 4 heteroatoms. The zero-order chi connectivity index (χ0) is 15.6. The predicted octanol–water partition coefficient (Wildman–Crippen LogP) is 2.40. The first-order valence-corrected chi connectivity index (χ1v) is 7.50. The quantitative estimate of drug-likeness (QED) is 0.698. The molecule has 0 spiro atoms. The van der Waals surface area contributed by atoms with Crippen LogP contribution in [-0.4, -0.2) is 37.5 Å². The fourth-order valence-electron chi connectivity index (χ4n) is 1.91. The topological polar surface area (TPSA) is 50.7 Å². The molecule has 2 N–H and O–H groups in total. The van der Waals surface area contributed by atoms with Gasteiger partial charge >= 0.3 is 0 Å². The third kappa shape index (κ3) is 6.16. The standard InChI is InChI=1S/C18H23NO3/c1-15-7-9-18(10-8-15)22-14-16(20)13-19-11-12-21-17-5-3-2-4-6-17/h2-10,16,19-20H,11-14H2,1H3/t16-/m1/s1. The second kappa shape index (κ2) is 9.07. The number of nitrogens with one attached hydrogen (secondary N) is 1. The van der Waals surface area contributed by atoms with Gasteiger partial charge in [0.1, 0.15) is 30.8 Å². The van der Waals surface area contributed by atoms with Crippen LogP contribution < -0.4 is 14.8 Å². The molecule has 118 valence electrons. The minimum absolute atomic E-state index is 0.273. The smallest absolute Gasteiger partial charge is 0.119 e. The van der Waals surface area contributed by atoms with E-state index in [-0.39, 0.29) is 6.61 Å². The van der Waals surface area contributed by atoms with Crippen molar-refractivity contribution in [2.24, 2.45) is 0 Å². The molecule has 0 aliphatic heterocycles. The molecule has 0 aromatic heterocycles. The van der Waals surface area contributed by atoms with E-state index in [9.17, 15) is 5.11 Å². The lowest BCUT2D eigenvalue weighted by molar-refractivity contribution is 0.105. The van der Waals surface area contributed by atoms with Crippen LogP contribution in [0.15, 0.2) is 54.6 Å². The highest BCUT2D eigenvalue weighted by molar-refractivity contribution is 5.26. The van der Waals surface area contributed by atoms with Crippen LogP contribution >= 0.6 is 0 Å². The van der Waals surface area contributed by atoms with Crippen molar-refractivity contribution in [2.45, 2.75) is 13.0 Å². The van der Waals surface area contributed by atoms with Crippen LogP contribution in [-0.2, 0) is 0 Å². The van der Waals surface area contributed by atoms with Gasteiger partial charge in [-0.05, 0) is 31.2 Å². The molecule has 0 aliphatic carbocycles. The van der Waals surface area contributed by atoms with Crippen molar-refractivity contribution in [3.8, 4) is 11.5 Å². The molecule has 0 aliphatic rings. The van der Waals surface area contributed by atoms with Crippen molar-refractivity contribution in [2.75, 3.05) is 26.3 Å². The third-order valence-electron chi connectivity index (χ3n) is 3.13. The summed E-state index contributed by atoms with van der Waals surface area (Å²) in [4.78, 5) is 0. The molecule has 2 aromatic rings. The number of para-hydroxylation sites is 1. The molecule has 2 aromatic carbocycles. The largest absolute Gasteiger partial charge is 0.492 e. The van der Waals surface area contributed by atoms with E-state index < -0.39 is 6.10 Å². The SMILES string of the molecule is Cc1ccc(OC[C@H](O)CNCCOc2ccccc2)cc1. The highest BCUT2D eigenvalue weighted by Gasteiger charge is 2.04. The van der Waals surface area contributed by atoms with E-state index in [1.807, 2.05) is 61.5 Å². The summed E-state index contributed by atoms with van der Waals surface area (Å²) in [6.07, 6.45) is -0.543. The van der Waals surface area contributed by atoms with E-state index in [0.717, 1.165) is 11.5 Å². The van der Waals surface area contributed by atoms with Gasteiger partial charge in [0.05, 0.1) is 0 Å². The van der Waals surface area contributed by atoms with E-state index in [2.05, 4.69) is 5.32 Å². The number of aryl methyl sites for hydroxylation is 1. The highest BCUT2D eigenvalue weighted by Crippen LogP contribution is 2.11. The normalized spacial score (nSPS) is 11.9. The summed E-state index contributed by atoms with van der Waals surface area (Å²) < 4.78 is 11.1. The number of hydrogen-bond acceptors (Lipinski definition) is 4. The molecule has 0 fully saturated rings. The summed E-state index contributed by atoms with van der Waals surface area (Å²) in [6, 6.07) is 17.5. The molecule has 0 unspecified atom stereocenters. The second-order valence-electron chi connectivity index (χ2n) is 5.14. The van der Waals surface area contributed by atoms with Crippen molar-refractivity contribution >= 4 is 0 Å². The van der Waals surface area contributed by atoms with Gasteiger partial charge < -0.3 is 19.9 Å². The second-order valence-corrected chi connectivity index (χ2v) is 5.14. The van der Waals surface area contributed by atoms with Crippen LogP contribution in [0.1, 0.15) is 5.56 Å². The molecule has 0 saturated heterocycles. The van der Waals surface area contributed by atoms with E-state index in [0.29, 0.717) is 19.7 Å². The lowest BCUT2D eigenvalue weighted by Gasteiger charge is -2.13. The zero-order valence-electron chi connectivity index (χ0n) is 12.9. The molecule has 0 bridgehead atoms. The zero-order valence-corrected chi connectivity index (χ0v) is 12.9. The van der Waals surface area contributed by atoms with Crippen molar-refractivity contribution in [1.82, 2.24) is 5.32 Å². The number of ether oxygens (including phenoxy) is 2. The Morgan fingerprint density at radius 3 is 2.36 bits per heavy atom. The van der Waals surface area contributed by atoms with Gasteiger partial charge in [-0.25, -0.2) is 0 Å². The minimum atomic E-state index is -0.543. The van der Waals surface area contributed by atoms with Gasteiger partial charge in [0.2, 0.25) is 0 Å². The molecule has 1 atom stereocenters. The van der Waals surface area contributed by atoms with Crippen LogP contribution in [0.5, 0.6) is 11.5 Å². The van der Waals surface area contributed by atoms with Gasteiger partial charge in [-0.1, -0.05) is 35.9 Å². The van der Waals surface area contributed by atoms with Crippen molar-refractivity contribution in [3.63, 3.8) is 0 Å². The van der Waals surface area contributed by atoms with Gasteiger partial charge in [0, 0.05) is 13.1 Å². The van der Waals surface area contributed by atoms with Crippen molar-refractivity contribution < 1.29 is 14.6 Å². The van der Waals surface area contributed by atoms with E-state index >= 15 is 0 Å². The van der Waals surface area contributed by atoms with Crippen molar-refractivity contribution in [3.05, 3.63) is 60.2 Å². The van der Waals surface area contributed by atoms with E-state index in [4.69, 9.17) is 9.47 Å². The molecule has 22 heavy (non-hydrogen) atoms. The molecule has 4 nitrogen and oxygen atoms in total. The lowest BCUT2D eigenvalue weighted by atomic mass is 10.2. The summed E-state index contributed by atoms with van der Waals surface area (Å²) >= 11 is 0. The first-order chi connectivity index (χ1) is 10.7. The monoisotopic (exact) mass is 301 g/mol. The average molecular weight is 301 g/mol. The van der Waals surface area contributed by atoms with Crippen molar-refractivity contribution in [1.29, 1.82) is 0 Å². The lowest BCUT2D eigenvalue weighted by Crippen LogP contribution is -2.33. The highest BCUT2D eigenvalue weighted by atomic mass is 16.5. The Balaban J connectivity index is 1.54. The van der Waals surface area contributed by atoms with E-state index in [1.165, 1.54) is 5.56 Å². The Labute approximate surface area is 131 Å². The van der Waals surface area contributed by atoms with Crippen LogP contribution in [0.2, 0.25) is 0 Å². The number of hydrogen-bond donors (Lipinski definition) is 2. The average Bonchev–Trinajstić information content (AvgIpc) is 2.55. The summed E-state index contributed by atoms with van der Waals surface area (Å²) in [5, 5.41) is 13.0. The van der Waals surface area contributed by atoms with Gasteiger partial charge in [-0.15, -0.1) is 0 Å². The van der Waals surface area contributed by atoms with Gasteiger partial charge in [-0.3, -0.25) is 0 Å². The number of aliphatic hydroxyl groups is 1. The van der Waals surface area contributed by atoms with Crippen LogP contribution in [0.4, 0.5) is 0 Å². The van der Waals surface area contributed by atoms with Gasteiger partial charge in [0.25, 0.3) is 0 Å². The number of aliphatic hydroxyl groups excluding tert-OH is 1. The Morgan fingerprint density at radius 2 is 1.64 bits per heavy atom. The molecule has 0 saturated carbocycles. The van der Waals surface area contributed by atoms with Gasteiger partial charge in [0.15, 0.2) is 0 Å². The number of rotatable bonds is 9. The Bertz CT molecular complexity index is 528. The molecule has 0 amide bonds. The fraction of sp³-hybridized carbons (Fsp3) is 0.333. The van der Waals surface area contributed by atoms with Crippen LogP contribution in [0, 0.1) is 6.92 Å². The fourth-order valence-corrected chi connectivity index (χ4v) is 1.91. The Morgan fingerprint density at radius 1 is 0.955 bits per heavy atom. The number of benzene rings is 2. The Hall–Kier alpha value is -2.04.